The van der Waals surface area contributed by atoms with Crippen LogP contribution in [0.15, 0.2) is 66.0 Å². The van der Waals surface area contributed by atoms with E-state index in [1.165, 1.54) is 0 Å². The highest BCUT2D eigenvalue weighted by atomic mass is 32.1. The largest absolute Gasteiger partial charge is 0.379 e. The molecule has 0 bridgehead atoms. The molecule has 0 radical (unpaired) electrons. The van der Waals surface area contributed by atoms with E-state index < -0.39 is 0 Å². The average molecular weight is 577 g/mol. The lowest BCUT2D eigenvalue weighted by molar-refractivity contribution is -0.133. The molecule has 0 saturated carbocycles. The SMILES string of the molecule is CC(C)c1cccc(C(C)C)c1NC(=O)N(CCN1CCOCC1)CC(=O)N(Cc1ccccc1)Cc1cccs1. The molecular formula is C33H44N4O3S. The maximum atomic E-state index is 14.0. The van der Waals surface area contributed by atoms with Gasteiger partial charge in [-0.2, -0.15) is 0 Å². The van der Waals surface area contributed by atoms with Crippen molar-refractivity contribution >= 4 is 29.0 Å². The van der Waals surface area contributed by atoms with Gasteiger partial charge in [0.15, 0.2) is 0 Å². The van der Waals surface area contributed by atoms with Crippen molar-refractivity contribution < 1.29 is 14.3 Å². The topological polar surface area (TPSA) is 65.1 Å². The minimum absolute atomic E-state index is 0.00917. The van der Waals surface area contributed by atoms with Crippen LogP contribution in [-0.2, 0) is 22.6 Å². The normalized spacial score (nSPS) is 13.9. The second-order valence-corrected chi connectivity index (χ2v) is 12.3. The Labute approximate surface area is 249 Å². The number of carbonyl (C=O) groups excluding carboxylic acids is 2. The van der Waals surface area contributed by atoms with Crippen LogP contribution in [0.5, 0.6) is 0 Å². The molecule has 0 atom stereocenters. The Bertz CT molecular complexity index is 1210. The van der Waals surface area contributed by atoms with Crippen LogP contribution in [0.1, 0.15) is 61.1 Å². The van der Waals surface area contributed by atoms with E-state index in [0.29, 0.717) is 39.4 Å². The van der Waals surface area contributed by atoms with Crippen LogP contribution in [-0.4, -0.2) is 72.6 Å². The quantitative estimate of drug-likeness (QED) is 0.271. The number of morpholine rings is 1. The van der Waals surface area contributed by atoms with Crippen LogP contribution in [0.2, 0.25) is 0 Å². The first kappa shape index (κ1) is 30.8. The zero-order valence-electron chi connectivity index (χ0n) is 24.8. The highest BCUT2D eigenvalue weighted by Gasteiger charge is 2.25. The van der Waals surface area contributed by atoms with E-state index in [0.717, 1.165) is 40.3 Å². The number of nitrogens with zero attached hydrogens (tertiary/aromatic N) is 3. The van der Waals surface area contributed by atoms with Gasteiger partial charge in [0, 0.05) is 43.3 Å². The molecule has 41 heavy (non-hydrogen) atoms. The Kier molecular flexibility index (Phi) is 11.4. The molecule has 7 nitrogen and oxygen atoms in total. The molecule has 1 aliphatic rings. The molecule has 0 aliphatic carbocycles. The standard InChI is InChI=1S/C33H44N4O3S/c1-25(2)29-13-8-14-30(26(3)4)32(29)34-33(39)36(16-15-35-17-19-40-20-18-35)24-31(38)37(23-28-12-9-21-41-28)22-27-10-6-5-7-11-27/h5-14,21,25-26H,15-20,22-24H2,1-4H3,(H,34,39). The summed E-state index contributed by atoms with van der Waals surface area (Å²) in [6.07, 6.45) is 0. The third-order valence-corrected chi connectivity index (χ3v) is 8.36. The van der Waals surface area contributed by atoms with Gasteiger partial charge in [0.2, 0.25) is 5.91 Å². The van der Waals surface area contributed by atoms with Gasteiger partial charge in [0.25, 0.3) is 0 Å². The van der Waals surface area contributed by atoms with Crippen LogP contribution >= 0.6 is 11.3 Å². The summed E-state index contributed by atoms with van der Waals surface area (Å²) in [5, 5.41) is 5.27. The Morgan fingerprint density at radius 3 is 2.17 bits per heavy atom. The minimum atomic E-state index is -0.239. The third-order valence-electron chi connectivity index (χ3n) is 7.50. The molecule has 3 aromatic rings. The van der Waals surface area contributed by atoms with Crippen molar-refractivity contribution in [1.82, 2.24) is 14.7 Å². The molecule has 2 heterocycles. The summed E-state index contributed by atoms with van der Waals surface area (Å²) >= 11 is 1.64. The summed E-state index contributed by atoms with van der Waals surface area (Å²) in [4.78, 5) is 34.8. The van der Waals surface area contributed by atoms with E-state index in [1.807, 2.05) is 46.7 Å². The van der Waals surface area contributed by atoms with Gasteiger partial charge in [-0.1, -0.05) is 82.3 Å². The first-order chi connectivity index (χ1) is 19.8. The molecule has 1 aromatic heterocycles. The number of rotatable bonds is 12. The fourth-order valence-corrected chi connectivity index (χ4v) is 5.83. The van der Waals surface area contributed by atoms with Crippen LogP contribution in [0.4, 0.5) is 10.5 Å². The third kappa shape index (κ3) is 8.89. The highest BCUT2D eigenvalue weighted by molar-refractivity contribution is 7.09. The van der Waals surface area contributed by atoms with Crippen molar-refractivity contribution in [3.05, 3.63) is 87.6 Å². The molecule has 2 aromatic carbocycles. The number of anilines is 1. The number of hydrogen-bond donors (Lipinski definition) is 1. The van der Waals surface area contributed by atoms with Gasteiger partial charge >= 0.3 is 6.03 Å². The summed E-state index contributed by atoms with van der Waals surface area (Å²) in [7, 11) is 0. The Morgan fingerprint density at radius 1 is 0.878 bits per heavy atom. The maximum absolute atomic E-state index is 14.0. The molecule has 1 N–H and O–H groups in total. The lowest BCUT2D eigenvalue weighted by Crippen LogP contribution is -2.48. The summed E-state index contributed by atoms with van der Waals surface area (Å²) in [5.74, 6) is 0.430. The number of thiophene rings is 1. The molecule has 1 fully saturated rings. The Balaban J connectivity index is 1.57. The summed E-state index contributed by atoms with van der Waals surface area (Å²) in [6, 6.07) is 20.1. The van der Waals surface area contributed by atoms with E-state index in [1.54, 1.807) is 16.2 Å². The molecule has 3 amide bonds. The second-order valence-electron chi connectivity index (χ2n) is 11.2. The lowest BCUT2D eigenvalue weighted by Gasteiger charge is -2.32. The van der Waals surface area contributed by atoms with Crippen LogP contribution in [0.25, 0.3) is 0 Å². The van der Waals surface area contributed by atoms with Crippen LogP contribution in [0.3, 0.4) is 0 Å². The number of para-hydroxylation sites is 1. The van der Waals surface area contributed by atoms with Crippen LogP contribution in [0, 0.1) is 0 Å². The van der Waals surface area contributed by atoms with E-state index in [-0.39, 0.29) is 30.3 Å². The van der Waals surface area contributed by atoms with Crippen molar-refractivity contribution in [2.24, 2.45) is 0 Å². The first-order valence-corrected chi connectivity index (χ1v) is 15.5. The number of benzene rings is 2. The Hall–Kier alpha value is -3.20. The van der Waals surface area contributed by atoms with Crippen molar-refractivity contribution in [3.63, 3.8) is 0 Å². The number of ether oxygens (including phenoxy) is 1. The van der Waals surface area contributed by atoms with Gasteiger partial charge in [-0.3, -0.25) is 9.69 Å². The number of amides is 3. The summed E-state index contributed by atoms with van der Waals surface area (Å²) < 4.78 is 5.51. The van der Waals surface area contributed by atoms with Crippen LogP contribution < -0.4 is 5.32 Å². The molecule has 1 aliphatic heterocycles. The fourth-order valence-electron chi connectivity index (χ4n) is 5.11. The van der Waals surface area contributed by atoms with Gasteiger partial charge in [-0.05, 0) is 40.0 Å². The van der Waals surface area contributed by atoms with Crippen molar-refractivity contribution in [3.8, 4) is 0 Å². The predicted octanol–water partition coefficient (Wildman–Crippen LogP) is 6.39. The van der Waals surface area contributed by atoms with Gasteiger partial charge in [-0.15, -0.1) is 11.3 Å². The molecule has 1 saturated heterocycles. The minimum Gasteiger partial charge on any atom is -0.379 e. The number of hydrogen-bond acceptors (Lipinski definition) is 5. The van der Waals surface area contributed by atoms with Gasteiger partial charge in [-0.25, -0.2) is 4.79 Å². The van der Waals surface area contributed by atoms with E-state index in [9.17, 15) is 9.59 Å². The molecule has 220 valence electrons. The van der Waals surface area contributed by atoms with E-state index >= 15 is 0 Å². The van der Waals surface area contributed by atoms with Gasteiger partial charge in [0.05, 0.1) is 19.8 Å². The number of nitrogens with one attached hydrogen (secondary N) is 1. The lowest BCUT2D eigenvalue weighted by atomic mass is 9.93. The van der Waals surface area contributed by atoms with Gasteiger partial charge in [0.1, 0.15) is 6.54 Å². The van der Waals surface area contributed by atoms with Crippen molar-refractivity contribution in [2.45, 2.75) is 52.6 Å². The molecule has 4 rings (SSSR count). The molecule has 0 spiro atoms. The summed E-state index contributed by atoms with van der Waals surface area (Å²) in [5.41, 5.74) is 4.14. The highest BCUT2D eigenvalue weighted by Crippen LogP contribution is 2.32. The van der Waals surface area contributed by atoms with Crippen molar-refractivity contribution in [2.75, 3.05) is 51.3 Å². The average Bonchev–Trinajstić information content (AvgIpc) is 3.49. The monoisotopic (exact) mass is 576 g/mol. The Morgan fingerprint density at radius 2 is 1.56 bits per heavy atom. The second kappa shape index (κ2) is 15.1. The predicted molar refractivity (Wildman–Crippen MR) is 167 cm³/mol. The van der Waals surface area contributed by atoms with E-state index in [2.05, 4.69) is 62.2 Å². The molecule has 8 heteroatoms. The smallest absolute Gasteiger partial charge is 0.322 e. The zero-order chi connectivity index (χ0) is 29.2. The van der Waals surface area contributed by atoms with E-state index in [4.69, 9.17) is 4.74 Å². The number of urea groups is 1. The maximum Gasteiger partial charge on any atom is 0.322 e. The van der Waals surface area contributed by atoms with Crippen molar-refractivity contribution in [1.29, 1.82) is 0 Å². The van der Waals surface area contributed by atoms with Gasteiger partial charge < -0.3 is 19.9 Å². The zero-order valence-corrected chi connectivity index (χ0v) is 25.7. The summed E-state index contributed by atoms with van der Waals surface area (Å²) in [6.45, 7) is 13.8. The fraction of sp³-hybridized carbons (Fsp3) is 0.455. The first-order valence-electron chi connectivity index (χ1n) is 14.6. The molecular weight excluding hydrogens is 532 g/mol. The molecule has 0 unspecified atom stereocenters. The number of carbonyl (C=O) groups is 2.